The smallest absolute Gasteiger partial charge is 0.256 e. The summed E-state index contributed by atoms with van der Waals surface area (Å²) < 4.78 is 0.823. The van der Waals surface area contributed by atoms with Crippen LogP contribution in [0.3, 0.4) is 0 Å². The number of benzene rings is 1. The zero-order valence-electron chi connectivity index (χ0n) is 13.1. The van der Waals surface area contributed by atoms with Crippen LogP contribution in [0.25, 0.3) is 0 Å². The summed E-state index contributed by atoms with van der Waals surface area (Å²) >= 11 is 9.46. The molecule has 1 aromatic carbocycles. The highest BCUT2D eigenvalue weighted by Gasteiger charge is 2.12. The lowest BCUT2D eigenvalue weighted by molar-refractivity contribution is 0.102. The van der Waals surface area contributed by atoms with Crippen LogP contribution in [0.15, 0.2) is 59.6 Å². The van der Waals surface area contributed by atoms with Crippen molar-refractivity contribution >= 4 is 50.6 Å². The van der Waals surface area contributed by atoms with Gasteiger partial charge in [0.1, 0.15) is 17.3 Å². The molecule has 1 N–H and O–H groups in total. The number of nitrogens with one attached hydrogen (secondary N) is 1. The van der Waals surface area contributed by atoms with Crippen LogP contribution in [-0.4, -0.2) is 27.9 Å². The molecule has 0 atom stereocenters. The predicted octanol–water partition coefficient (Wildman–Crippen LogP) is 4.31. The highest BCUT2D eigenvalue weighted by molar-refractivity contribution is 9.10. The third-order valence-electron chi connectivity index (χ3n) is 3.43. The third kappa shape index (κ3) is 4.32. The molecule has 3 rings (SSSR count). The highest BCUT2D eigenvalue weighted by Crippen LogP contribution is 2.27. The third-order valence-corrected chi connectivity index (χ3v) is 4.12. The number of carbonyl (C=O) groups excluding carboxylic acids is 1. The van der Waals surface area contributed by atoms with E-state index in [1.165, 1.54) is 6.33 Å². The molecule has 2 aromatic heterocycles. The zero-order valence-corrected chi connectivity index (χ0v) is 15.5. The van der Waals surface area contributed by atoms with E-state index < -0.39 is 0 Å². The van der Waals surface area contributed by atoms with Crippen molar-refractivity contribution in [1.82, 2.24) is 15.0 Å². The predicted molar refractivity (Wildman–Crippen MR) is 101 cm³/mol. The van der Waals surface area contributed by atoms with Crippen molar-refractivity contribution in [3.8, 4) is 0 Å². The number of pyridine rings is 1. The molecule has 0 fully saturated rings. The molecule has 0 aliphatic rings. The van der Waals surface area contributed by atoms with Crippen LogP contribution in [0.2, 0.25) is 5.15 Å². The number of anilines is 3. The van der Waals surface area contributed by atoms with Gasteiger partial charge in [-0.15, -0.1) is 0 Å². The summed E-state index contributed by atoms with van der Waals surface area (Å²) in [5.74, 6) is 0.0869. The molecule has 0 radical (unpaired) electrons. The SMILES string of the molecule is CN(c1cncnc1)c1cc(Cl)nc(NC(=O)c2cccc(Br)c2)c1. The van der Waals surface area contributed by atoms with Gasteiger partial charge in [0.15, 0.2) is 0 Å². The molecule has 0 aliphatic carbocycles. The Kier molecular flexibility index (Phi) is 5.25. The first-order chi connectivity index (χ1) is 12.0. The van der Waals surface area contributed by atoms with Crippen molar-refractivity contribution < 1.29 is 4.79 Å². The van der Waals surface area contributed by atoms with E-state index in [0.29, 0.717) is 11.4 Å². The van der Waals surface area contributed by atoms with Gasteiger partial charge in [0.2, 0.25) is 0 Å². The largest absolute Gasteiger partial charge is 0.342 e. The molecule has 8 heteroatoms. The number of hydrogen-bond acceptors (Lipinski definition) is 5. The molecule has 25 heavy (non-hydrogen) atoms. The van der Waals surface area contributed by atoms with Gasteiger partial charge in [-0.1, -0.05) is 33.6 Å². The van der Waals surface area contributed by atoms with Gasteiger partial charge in [-0.25, -0.2) is 15.0 Å². The number of rotatable bonds is 4. The summed E-state index contributed by atoms with van der Waals surface area (Å²) in [7, 11) is 1.85. The number of hydrogen-bond donors (Lipinski definition) is 1. The van der Waals surface area contributed by atoms with Crippen LogP contribution in [-0.2, 0) is 0 Å². The molecule has 0 saturated heterocycles. The van der Waals surface area contributed by atoms with Crippen LogP contribution in [0.1, 0.15) is 10.4 Å². The first-order valence-corrected chi connectivity index (χ1v) is 8.43. The molecule has 1 amide bonds. The van der Waals surface area contributed by atoms with Gasteiger partial charge in [0, 0.05) is 28.8 Å². The second-order valence-corrected chi connectivity index (χ2v) is 6.46. The van der Waals surface area contributed by atoms with Crippen LogP contribution >= 0.6 is 27.5 Å². The average molecular weight is 419 g/mol. The lowest BCUT2D eigenvalue weighted by Gasteiger charge is -2.19. The van der Waals surface area contributed by atoms with E-state index in [-0.39, 0.29) is 11.1 Å². The van der Waals surface area contributed by atoms with Crippen molar-refractivity contribution in [3.63, 3.8) is 0 Å². The normalized spacial score (nSPS) is 10.4. The van der Waals surface area contributed by atoms with Crippen molar-refractivity contribution in [3.05, 3.63) is 70.3 Å². The lowest BCUT2D eigenvalue weighted by atomic mass is 10.2. The molecular weight excluding hydrogens is 406 g/mol. The Morgan fingerprint density at radius 3 is 2.64 bits per heavy atom. The van der Waals surface area contributed by atoms with Crippen molar-refractivity contribution in [2.75, 3.05) is 17.3 Å². The molecule has 0 saturated carbocycles. The Balaban J connectivity index is 1.85. The molecule has 0 bridgehead atoms. The maximum atomic E-state index is 12.4. The number of carbonyl (C=O) groups is 1. The number of nitrogens with zero attached hydrogens (tertiary/aromatic N) is 4. The maximum Gasteiger partial charge on any atom is 0.256 e. The Bertz CT molecular complexity index is 907. The van der Waals surface area contributed by atoms with Gasteiger partial charge in [-0.3, -0.25) is 4.79 Å². The van der Waals surface area contributed by atoms with E-state index in [4.69, 9.17) is 11.6 Å². The van der Waals surface area contributed by atoms with Gasteiger partial charge >= 0.3 is 0 Å². The van der Waals surface area contributed by atoms with E-state index in [9.17, 15) is 4.79 Å². The second-order valence-electron chi connectivity index (χ2n) is 5.15. The Hall–Kier alpha value is -2.51. The summed E-state index contributed by atoms with van der Waals surface area (Å²) in [6.07, 6.45) is 4.82. The molecule has 3 aromatic rings. The molecule has 2 heterocycles. The van der Waals surface area contributed by atoms with Crippen molar-refractivity contribution in [2.24, 2.45) is 0 Å². The summed E-state index contributed by atoms with van der Waals surface area (Å²) in [6.45, 7) is 0. The minimum Gasteiger partial charge on any atom is -0.342 e. The minimum atomic E-state index is -0.271. The number of amides is 1. The fourth-order valence-corrected chi connectivity index (χ4v) is 2.77. The fraction of sp³-hybridized carbons (Fsp3) is 0.0588. The molecule has 0 unspecified atom stereocenters. The number of aromatic nitrogens is 3. The monoisotopic (exact) mass is 417 g/mol. The van der Waals surface area contributed by atoms with Crippen molar-refractivity contribution in [2.45, 2.75) is 0 Å². The van der Waals surface area contributed by atoms with Crippen LogP contribution in [0, 0.1) is 0 Å². The van der Waals surface area contributed by atoms with Crippen molar-refractivity contribution in [1.29, 1.82) is 0 Å². The average Bonchev–Trinajstić information content (AvgIpc) is 2.61. The molecule has 6 nitrogen and oxygen atoms in total. The van der Waals surface area contributed by atoms with Crippen LogP contribution in [0.5, 0.6) is 0 Å². The van der Waals surface area contributed by atoms with Gasteiger partial charge in [-0.05, 0) is 24.3 Å². The molecule has 0 aliphatic heterocycles. The van der Waals surface area contributed by atoms with E-state index in [1.807, 2.05) is 18.0 Å². The Morgan fingerprint density at radius 1 is 1.16 bits per heavy atom. The standard InChI is InChI=1S/C17H13BrClN5O/c1-24(14-8-20-10-21-9-14)13-6-15(19)22-16(7-13)23-17(25)11-3-2-4-12(18)5-11/h2-10H,1H3,(H,22,23,25). The summed E-state index contributed by atoms with van der Waals surface area (Å²) in [5, 5.41) is 3.03. The topological polar surface area (TPSA) is 71.0 Å². The lowest BCUT2D eigenvalue weighted by Crippen LogP contribution is -2.15. The first-order valence-electron chi connectivity index (χ1n) is 7.26. The van der Waals surface area contributed by atoms with Crippen LogP contribution in [0.4, 0.5) is 17.2 Å². The molecule has 126 valence electrons. The van der Waals surface area contributed by atoms with Gasteiger partial charge in [0.25, 0.3) is 5.91 Å². The highest BCUT2D eigenvalue weighted by atomic mass is 79.9. The maximum absolute atomic E-state index is 12.4. The quantitative estimate of drug-likeness (QED) is 0.639. The fourth-order valence-electron chi connectivity index (χ4n) is 2.17. The van der Waals surface area contributed by atoms with Crippen LogP contribution < -0.4 is 10.2 Å². The molecular formula is C17H13BrClN5O. The first kappa shape index (κ1) is 17.3. The van der Waals surface area contributed by atoms with E-state index in [2.05, 4.69) is 36.2 Å². The van der Waals surface area contributed by atoms with Gasteiger partial charge < -0.3 is 10.2 Å². The van der Waals surface area contributed by atoms with E-state index in [1.54, 1.807) is 42.7 Å². The zero-order chi connectivity index (χ0) is 17.8. The number of halogens is 2. The summed E-state index contributed by atoms with van der Waals surface area (Å²) in [5.41, 5.74) is 2.05. The Labute approximate surface area is 158 Å². The molecule has 0 spiro atoms. The van der Waals surface area contributed by atoms with E-state index in [0.717, 1.165) is 15.8 Å². The minimum absolute atomic E-state index is 0.269. The van der Waals surface area contributed by atoms with Gasteiger partial charge in [0.05, 0.1) is 18.1 Å². The summed E-state index contributed by atoms with van der Waals surface area (Å²) in [4.78, 5) is 26.4. The summed E-state index contributed by atoms with van der Waals surface area (Å²) in [6, 6.07) is 10.5. The Morgan fingerprint density at radius 2 is 1.92 bits per heavy atom. The second kappa shape index (κ2) is 7.58. The van der Waals surface area contributed by atoms with Gasteiger partial charge in [-0.2, -0.15) is 0 Å². The van der Waals surface area contributed by atoms with E-state index >= 15 is 0 Å².